The zero-order valence-electron chi connectivity index (χ0n) is 9.84. The van der Waals surface area contributed by atoms with Crippen LogP contribution in [-0.4, -0.2) is 0 Å². The van der Waals surface area contributed by atoms with Crippen LogP contribution in [0.1, 0.15) is 43.2 Å². The van der Waals surface area contributed by atoms with Crippen LogP contribution in [0, 0.1) is 6.92 Å². The van der Waals surface area contributed by atoms with Gasteiger partial charge in [-0.2, -0.15) is 0 Å². The first kappa shape index (κ1) is 12.0. The summed E-state index contributed by atoms with van der Waals surface area (Å²) in [5.74, 6) is 0. The van der Waals surface area contributed by atoms with Gasteiger partial charge in [-0.05, 0) is 43.7 Å². The van der Waals surface area contributed by atoms with Crippen molar-refractivity contribution in [1.29, 1.82) is 0 Å². The van der Waals surface area contributed by atoms with Crippen LogP contribution in [0.5, 0.6) is 0 Å². The summed E-state index contributed by atoms with van der Waals surface area (Å²) in [6, 6.07) is 8.70. The maximum atomic E-state index is 3.74. The third-order valence-electron chi connectivity index (χ3n) is 2.87. The lowest BCUT2D eigenvalue weighted by atomic mass is 10.0. The molecule has 0 nitrogen and oxygen atoms in total. The van der Waals surface area contributed by atoms with Gasteiger partial charge < -0.3 is 0 Å². The van der Waals surface area contributed by atoms with Crippen molar-refractivity contribution in [2.24, 2.45) is 0 Å². The molecule has 0 radical (unpaired) electrons. The van der Waals surface area contributed by atoms with Crippen molar-refractivity contribution in [1.82, 2.24) is 0 Å². The number of benzene rings is 1. The molecule has 0 atom stereocenters. The van der Waals surface area contributed by atoms with Crippen LogP contribution in [0.25, 0.3) is 0 Å². The summed E-state index contributed by atoms with van der Waals surface area (Å²) in [6.45, 7) is 5.94. The molecule has 0 aliphatic heterocycles. The highest BCUT2D eigenvalue weighted by atomic mass is 14.0. The molecular formula is C15H22. The molecule has 82 valence electrons. The Kier molecular flexibility index (Phi) is 5.84. The summed E-state index contributed by atoms with van der Waals surface area (Å²) < 4.78 is 0. The summed E-state index contributed by atoms with van der Waals surface area (Å²) in [7, 11) is 0. The third kappa shape index (κ3) is 4.83. The number of hydrogen-bond donors (Lipinski definition) is 0. The van der Waals surface area contributed by atoms with E-state index in [1.807, 2.05) is 6.08 Å². The Hall–Kier alpha value is -1.04. The molecule has 0 N–H and O–H groups in total. The average Bonchev–Trinajstić information content (AvgIpc) is 2.25. The predicted molar refractivity (Wildman–Crippen MR) is 68.2 cm³/mol. The van der Waals surface area contributed by atoms with Crippen molar-refractivity contribution in [2.45, 2.75) is 45.4 Å². The van der Waals surface area contributed by atoms with E-state index in [0.717, 1.165) is 0 Å². The predicted octanol–water partition coefficient (Wildman–Crippen LogP) is 4.67. The van der Waals surface area contributed by atoms with Gasteiger partial charge in [-0.25, -0.2) is 0 Å². The lowest BCUT2D eigenvalue weighted by Crippen LogP contribution is -1.89. The standard InChI is InChI=1S/C15H22/c1-3-4-5-6-7-8-12-15-13-10-9-11-14(15)2/h3,9-11,13H,1,4-8,12H2,2H3. The summed E-state index contributed by atoms with van der Waals surface area (Å²) in [4.78, 5) is 0. The maximum Gasteiger partial charge on any atom is -0.0276 e. The molecule has 0 aliphatic rings. The SMILES string of the molecule is C=CCCCCCCc1ccccc1C. The van der Waals surface area contributed by atoms with Gasteiger partial charge in [0.05, 0.1) is 0 Å². The van der Waals surface area contributed by atoms with Crippen molar-refractivity contribution in [3.8, 4) is 0 Å². The fraction of sp³-hybridized carbons (Fsp3) is 0.467. The molecule has 0 saturated carbocycles. The van der Waals surface area contributed by atoms with Crippen LogP contribution >= 0.6 is 0 Å². The van der Waals surface area contributed by atoms with Gasteiger partial charge in [-0.1, -0.05) is 43.2 Å². The second-order valence-electron chi connectivity index (χ2n) is 4.17. The smallest absolute Gasteiger partial charge is 0.0276 e. The molecule has 0 unspecified atom stereocenters. The molecule has 0 heterocycles. The molecule has 0 aromatic heterocycles. The zero-order chi connectivity index (χ0) is 10.9. The Labute approximate surface area is 94.0 Å². The average molecular weight is 202 g/mol. The van der Waals surface area contributed by atoms with E-state index in [0.29, 0.717) is 0 Å². The molecule has 0 bridgehead atoms. The second kappa shape index (κ2) is 7.28. The first-order chi connectivity index (χ1) is 7.34. The Morgan fingerprint density at radius 2 is 1.80 bits per heavy atom. The number of rotatable bonds is 7. The van der Waals surface area contributed by atoms with E-state index in [-0.39, 0.29) is 0 Å². The maximum absolute atomic E-state index is 3.74. The highest BCUT2D eigenvalue weighted by molar-refractivity contribution is 5.25. The lowest BCUT2D eigenvalue weighted by molar-refractivity contribution is 0.645. The molecule has 0 saturated heterocycles. The van der Waals surface area contributed by atoms with E-state index in [4.69, 9.17) is 0 Å². The van der Waals surface area contributed by atoms with E-state index < -0.39 is 0 Å². The second-order valence-corrected chi connectivity index (χ2v) is 4.17. The van der Waals surface area contributed by atoms with E-state index in [2.05, 4.69) is 37.8 Å². The van der Waals surface area contributed by atoms with Crippen molar-refractivity contribution < 1.29 is 0 Å². The number of unbranched alkanes of at least 4 members (excludes halogenated alkanes) is 4. The largest absolute Gasteiger partial charge is 0.103 e. The minimum absolute atomic E-state index is 1.17. The zero-order valence-corrected chi connectivity index (χ0v) is 9.84. The fourth-order valence-electron chi connectivity index (χ4n) is 1.85. The van der Waals surface area contributed by atoms with E-state index in [1.165, 1.54) is 49.7 Å². The molecule has 0 amide bonds. The molecule has 15 heavy (non-hydrogen) atoms. The molecule has 1 aromatic rings. The van der Waals surface area contributed by atoms with Crippen molar-refractivity contribution in [2.75, 3.05) is 0 Å². The quantitative estimate of drug-likeness (QED) is 0.445. The van der Waals surface area contributed by atoms with E-state index >= 15 is 0 Å². The summed E-state index contributed by atoms with van der Waals surface area (Å²) in [5, 5.41) is 0. The number of hydrogen-bond acceptors (Lipinski definition) is 0. The van der Waals surface area contributed by atoms with E-state index in [9.17, 15) is 0 Å². The summed E-state index contributed by atoms with van der Waals surface area (Å²) in [6.07, 6.45) is 9.74. The van der Waals surface area contributed by atoms with Crippen LogP contribution in [0.15, 0.2) is 36.9 Å². The highest BCUT2D eigenvalue weighted by Crippen LogP contribution is 2.12. The lowest BCUT2D eigenvalue weighted by Gasteiger charge is -2.04. The van der Waals surface area contributed by atoms with Crippen LogP contribution < -0.4 is 0 Å². The minimum atomic E-state index is 1.17. The minimum Gasteiger partial charge on any atom is -0.103 e. The molecule has 0 heteroatoms. The molecular weight excluding hydrogens is 180 g/mol. The van der Waals surface area contributed by atoms with Crippen LogP contribution in [0.2, 0.25) is 0 Å². The molecule has 1 rings (SSSR count). The number of allylic oxidation sites excluding steroid dienone is 1. The normalized spacial score (nSPS) is 10.2. The summed E-state index contributed by atoms with van der Waals surface area (Å²) in [5.41, 5.74) is 2.95. The van der Waals surface area contributed by atoms with Gasteiger partial charge in [-0.15, -0.1) is 6.58 Å². The first-order valence-electron chi connectivity index (χ1n) is 6.00. The molecule has 1 aromatic carbocycles. The highest BCUT2D eigenvalue weighted by Gasteiger charge is 1.96. The van der Waals surface area contributed by atoms with Crippen molar-refractivity contribution in [3.05, 3.63) is 48.0 Å². The van der Waals surface area contributed by atoms with Gasteiger partial charge in [-0.3, -0.25) is 0 Å². The van der Waals surface area contributed by atoms with Crippen LogP contribution in [0.4, 0.5) is 0 Å². The Morgan fingerprint density at radius 3 is 2.53 bits per heavy atom. The third-order valence-corrected chi connectivity index (χ3v) is 2.87. The van der Waals surface area contributed by atoms with Gasteiger partial charge in [0.1, 0.15) is 0 Å². The van der Waals surface area contributed by atoms with Gasteiger partial charge in [0, 0.05) is 0 Å². The topological polar surface area (TPSA) is 0 Å². The fourth-order valence-corrected chi connectivity index (χ4v) is 1.85. The van der Waals surface area contributed by atoms with Crippen molar-refractivity contribution in [3.63, 3.8) is 0 Å². The first-order valence-corrected chi connectivity index (χ1v) is 6.00. The molecule has 0 spiro atoms. The number of aryl methyl sites for hydroxylation is 2. The van der Waals surface area contributed by atoms with Gasteiger partial charge >= 0.3 is 0 Å². The van der Waals surface area contributed by atoms with E-state index in [1.54, 1.807) is 0 Å². The van der Waals surface area contributed by atoms with Crippen LogP contribution in [0.3, 0.4) is 0 Å². The molecule has 0 aliphatic carbocycles. The Morgan fingerprint density at radius 1 is 1.07 bits per heavy atom. The van der Waals surface area contributed by atoms with Gasteiger partial charge in [0.25, 0.3) is 0 Å². The van der Waals surface area contributed by atoms with Gasteiger partial charge in [0.2, 0.25) is 0 Å². The van der Waals surface area contributed by atoms with Gasteiger partial charge in [0.15, 0.2) is 0 Å². The monoisotopic (exact) mass is 202 g/mol. The Bertz CT molecular complexity index is 286. The van der Waals surface area contributed by atoms with Crippen LogP contribution in [-0.2, 0) is 6.42 Å². The van der Waals surface area contributed by atoms with Crippen molar-refractivity contribution >= 4 is 0 Å². The Balaban J connectivity index is 2.15. The summed E-state index contributed by atoms with van der Waals surface area (Å²) >= 11 is 0. The molecule has 0 fully saturated rings.